The molecule has 3 nitrogen and oxygen atoms in total. The van der Waals surface area contributed by atoms with E-state index in [2.05, 4.69) is 0 Å². The average Bonchev–Trinajstić information content (AvgIpc) is 2.59. The van der Waals surface area contributed by atoms with Crippen molar-refractivity contribution in [1.82, 2.24) is 0 Å². The number of esters is 1. The number of benzene rings is 2. The van der Waals surface area contributed by atoms with Crippen molar-refractivity contribution in [3.8, 4) is 0 Å². The summed E-state index contributed by atoms with van der Waals surface area (Å²) in [5.74, 6) is -0.971. The SMILES string of the molecule is COC(=O)CC(C(=O)c1ccc(SC)cc1)c1ccccc1. The highest BCUT2D eigenvalue weighted by atomic mass is 32.2. The van der Waals surface area contributed by atoms with Crippen LogP contribution in [0.4, 0.5) is 0 Å². The fourth-order valence-electron chi connectivity index (χ4n) is 2.25. The molecule has 0 saturated carbocycles. The van der Waals surface area contributed by atoms with E-state index in [9.17, 15) is 9.59 Å². The number of rotatable bonds is 6. The van der Waals surface area contributed by atoms with Gasteiger partial charge in [0.05, 0.1) is 19.4 Å². The Kier molecular flexibility index (Phi) is 5.78. The molecule has 114 valence electrons. The van der Waals surface area contributed by atoms with Crippen LogP contribution in [0.5, 0.6) is 0 Å². The third-order valence-electron chi connectivity index (χ3n) is 3.49. The van der Waals surface area contributed by atoms with Crippen molar-refractivity contribution >= 4 is 23.5 Å². The largest absolute Gasteiger partial charge is 0.469 e. The maximum atomic E-state index is 12.8. The van der Waals surface area contributed by atoms with Gasteiger partial charge in [0.1, 0.15) is 0 Å². The lowest BCUT2D eigenvalue weighted by molar-refractivity contribution is -0.140. The summed E-state index contributed by atoms with van der Waals surface area (Å²) in [7, 11) is 1.34. The molecule has 0 amide bonds. The molecule has 22 heavy (non-hydrogen) atoms. The minimum atomic E-state index is -0.520. The second-order valence-corrected chi connectivity index (χ2v) is 5.72. The van der Waals surface area contributed by atoms with Gasteiger partial charge in [0.15, 0.2) is 5.78 Å². The average molecular weight is 314 g/mol. The number of hydrogen-bond donors (Lipinski definition) is 0. The van der Waals surface area contributed by atoms with Crippen LogP contribution in [-0.4, -0.2) is 25.1 Å². The van der Waals surface area contributed by atoms with E-state index in [-0.39, 0.29) is 18.2 Å². The molecule has 0 N–H and O–H groups in total. The summed E-state index contributed by atoms with van der Waals surface area (Å²) in [5, 5.41) is 0. The molecule has 2 rings (SSSR count). The molecule has 0 fully saturated rings. The van der Waals surface area contributed by atoms with E-state index >= 15 is 0 Å². The zero-order valence-electron chi connectivity index (χ0n) is 12.6. The third kappa shape index (κ3) is 3.98. The second kappa shape index (κ2) is 7.80. The van der Waals surface area contributed by atoms with Crippen molar-refractivity contribution in [1.29, 1.82) is 0 Å². The first-order chi connectivity index (χ1) is 10.7. The Morgan fingerprint density at radius 2 is 1.68 bits per heavy atom. The molecule has 1 atom stereocenters. The summed E-state index contributed by atoms with van der Waals surface area (Å²) in [6.07, 6.45) is 2.03. The molecular formula is C18H18O3S. The molecule has 2 aromatic carbocycles. The number of ether oxygens (including phenoxy) is 1. The molecule has 0 radical (unpaired) electrons. The van der Waals surface area contributed by atoms with Crippen LogP contribution in [0.25, 0.3) is 0 Å². The lowest BCUT2D eigenvalue weighted by atomic mass is 9.88. The predicted octanol–water partition coefficient (Wildman–Crippen LogP) is 3.94. The minimum Gasteiger partial charge on any atom is -0.469 e. The summed E-state index contributed by atoms with van der Waals surface area (Å²) in [5.41, 5.74) is 1.43. The van der Waals surface area contributed by atoms with Gasteiger partial charge >= 0.3 is 5.97 Å². The van der Waals surface area contributed by atoms with Gasteiger partial charge in [-0.05, 0) is 24.0 Å². The van der Waals surface area contributed by atoms with Crippen molar-refractivity contribution < 1.29 is 14.3 Å². The summed E-state index contributed by atoms with van der Waals surface area (Å²) < 4.78 is 4.73. The number of thioether (sulfide) groups is 1. The van der Waals surface area contributed by atoms with E-state index in [1.165, 1.54) is 7.11 Å². The molecule has 0 spiro atoms. The van der Waals surface area contributed by atoms with Crippen LogP contribution in [0.3, 0.4) is 0 Å². The van der Waals surface area contributed by atoms with Gasteiger partial charge in [-0.3, -0.25) is 9.59 Å². The van der Waals surface area contributed by atoms with Crippen LogP contribution >= 0.6 is 11.8 Å². The van der Waals surface area contributed by atoms with Crippen LogP contribution < -0.4 is 0 Å². The maximum Gasteiger partial charge on any atom is 0.306 e. The lowest BCUT2D eigenvalue weighted by Gasteiger charge is -2.15. The molecule has 0 heterocycles. The first-order valence-electron chi connectivity index (χ1n) is 6.95. The standard InChI is InChI=1S/C18H18O3S/c1-21-17(19)12-16(13-6-4-3-5-7-13)18(20)14-8-10-15(22-2)11-9-14/h3-11,16H,12H2,1-2H3. The van der Waals surface area contributed by atoms with Gasteiger partial charge in [-0.15, -0.1) is 11.8 Å². The predicted molar refractivity (Wildman–Crippen MR) is 88.4 cm³/mol. The van der Waals surface area contributed by atoms with Gasteiger partial charge in [0.2, 0.25) is 0 Å². The molecule has 0 aliphatic carbocycles. The van der Waals surface area contributed by atoms with Crippen LogP contribution in [0.1, 0.15) is 28.3 Å². The van der Waals surface area contributed by atoms with Crippen LogP contribution in [0.15, 0.2) is 59.5 Å². The molecule has 4 heteroatoms. The number of hydrogen-bond acceptors (Lipinski definition) is 4. The Balaban J connectivity index is 2.30. The van der Waals surface area contributed by atoms with Gasteiger partial charge in [-0.1, -0.05) is 42.5 Å². The van der Waals surface area contributed by atoms with Crippen molar-refractivity contribution in [2.24, 2.45) is 0 Å². The fraction of sp³-hybridized carbons (Fsp3) is 0.222. The molecule has 0 aromatic heterocycles. The minimum absolute atomic E-state index is 0.0453. The molecule has 1 unspecified atom stereocenters. The molecule has 0 saturated heterocycles. The summed E-state index contributed by atoms with van der Waals surface area (Å²) >= 11 is 1.62. The van der Waals surface area contributed by atoms with E-state index in [1.54, 1.807) is 23.9 Å². The fourth-order valence-corrected chi connectivity index (χ4v) is 2.66. The lowest BCUT2D eigenvalue weighted by Crippen LogP contribution is -2.18. The Hall–Kier alpha value is -2.07. The number of carbonyl (C=O) groups is 2. The highest BCUT2D eigenvalue weighted by Gasteiger charge is 2.25. The first kappa shape index (κ1) is 16.3. The molecule has 2 aromatic rings. The van der Waals surface area contributed by atoms with E-state index < -0.39 is 5.92 Å². The highest BCUT2D eigenvalue weighted by Crippen LogP contribution is 2.26. The van der Waals surface area contributed by atoms with E-state index in [4.69, 9.17) is 4.74 Å². The van der Waals surface area contributed by atoms with E-state index in [1.807, 2.05) is 48.7 Å². The Morgan fingerprint density at radius 1 is 1.05 bits per heavy atom. The quantitative estimate of drug-likeness (QED) is 0.460. The van der Waals surface area contributed by atoms with Crippen LogP contribution in [0, 0.1) is 0 Å². The second-order valence-electron chi connectivity index (χ2n) is 4.84. The third-order valence-corrected chi connectivity index (χ3v) is 4.23. The van der Waals surface area contributed by atoms with Crippen molar-refractivity contribution in [2.75, 3.05) is 13.4 Å². The van der Waals surface area contributed by atoms with E-state index in [0.717, 1.165) is 10.5 Å². The normalized spacial score (nSPS) is 11.7. The van der Waals surface area contributed by atoms with Crippen LogP contribution in [-0.2, 0) is 9.53 Å². The molecule has 0 aliphatic heterocycles. The highest BCUT2D eigenvalue weighted by molar-refractivity contribution is 7.98. The Bertz CT molecular complexity index is 635. The van der Waals surface area contributed by atoms with E-state index in [0.29, 0.717) is 5.56 Å². The van der Waals surface area contributed by atoms with Gasteiger partial charge in [0, 0.05) is 10.5 Å². The summed E-state index contributed by atoms with van der Waals surface area (Å²) in [6.45, 7) is 0. The van der Waals surface area contributed by atoms with Crippen molar-refractivity contribution in [3.63, 3.8) is 0 Å². The van der Waals surface area contributed by atoms with Gasteiger partial charge in [-0.2, -0.15) is 0 Å². The van der Waals surface area contributed by atoms with Gasteiger partial charge < -0.3 is 4.74 Å². The van der Waals surface area contributed by atoms with Crippen molar-refractivity contribution in [2.45, 2.75) is 17.2 Å². The monoisotopic (exact) mass is 314 g/mol. The zero-order chi connectivity index (χ0) is 15.9. The number of carbonyl (C=O) groups excluding carboxylic acids is 2. The van der Waals surface area contributed by atoms with Crippen molar-refractivity contribution in [3.05, 3.63) is 65.7 Å². The summed E-state index contributed by atoms with van der Waals surface area (Å²) in [4.78, 5) is 25.5. The van der Waals surface area contributed by atoms with Gasteiger partial charge in [0.25, 0.3) is 0 Å². The zero-order valence-corrected chi connectivity index (χ0v) is 13.4. The molecule has 0 aliphatic rings. The number of methoxy groups -OCH3 is 1. The maximum absolute atomic E-state index is 12.8. The number of Topliss-reactive ketones (excluding diaryl/α,β-unsaturated/α-hetero) is 1. The first-order valence-corrected chi connectivity index (χ1v) is 8.18. The van der Waals surface area contributed by atoms with Crippen LogP contribution in [0.2, 0.25) is 0 Å². The number of ketones is 1. The Morgan fingerprint density at radius 3 is 2.23 bits per heavy atom. The topological polar surface area (TPSA) is 43.4 Å². The molecule has 0 bridgehead atoms. The summed E-state index contributed by atoms with van der Waals surface area (Å²) in [6, 6.07) is 16.8. The molecular weight excluding hydrogens is 296 g/mol. The van der Waals surface area contributed by atoms with Gasteiger partial charge in [-0.25, -0.2) is 0 Å². The smallest absolute Gasteiger partial charge is 0.306 e. The Labute approximate surface area is 134 Å².